The van der Waals surface area contributed by atoms with Gasteiger partial charge in [0.1, 0.15) is 0 Å². The first-order valence-electron chi connectivity index (χ1n) is 5.85. The third-order valence-corrected chi connectivity index (χ3v) is 4.63. The topological polar surface area (TPSA) is 49.4 Å². The van der Waals surface area contributed by atoms with Crippen LogP contribution in [0.15, 0.2) is 0 Å². The molecule has 1 unspecified atom stereocenters. The van der Waals surface area contributed by atoms with Gasteiger partial charge in [-0.3, -0.25) is 0 Å². The van der Waals surface area contributed by atoms with Crippen molar-refractivity contribution in [1.82, 2.24) is 9.62 Å². The van der Waals surface area contributed by atoms with Crippen molar-refractivity contribution in [1.29, 1.82) is 0 Å². The van der Waals surface area contributed by atoms with Crippen molar-refractivity contribution in [3.05, 3.63) is 0 Å². The van der Waals surface area contributed by atoms with Crippen molar-refractivity contribution in [2.45, 2.75) is 32.2 Å². The molecule has 1 aliphatic heterocycles. The van der Waals surface area contributed by atoms with Crippen LogP contribution in [-0.4, -0.2) is 50.6 Å². The highest BCUT2D eigenvalue weighted by atomic mass is 35.5. The van der Waals surface area contributed by atoms with Crippen LogP contribution in [0.25, 0.3) is 0 Å². The fourth-order valence-corrected chi connectivity index (χ4v) is 3.63. The molecule has 0 radical (unpaired) electrons. The largest absolute Gasteiger partial charge is 0.302 e. The number of rotatable bonds is 6. The number of nitrogens with one attached hydrogen (secondary N) is 1. The van der Waals surface area contributed by atoms with Crippen LogP contribution in [0, 0.1) is 0 Å². The molecule has 1 aliphatic rings. The van der Waals surface area contributed by atoms with Crippen molar-refractivity contribution in [3.63, 3.8) is 0 Å². The van der Waals surface area contributed by atoms with Crippen LogP contribution in [0.3, 0.4) is 0 Å². The number of likely N-dealkylation sites (N-methyl/N-ethyl adjacent to an activating group) is 1. The van der Waals surface area contributed by atoms with Gasteiger partial charge in [0.2, 0.25) is 10.0 Å². The zero-order valence-electron chi connectivity index (χ0n) is 9.78. The number of sulfonamides is 1. The molecule has 96 valence electrons. The summed E-state index contributed by atoms with van der Waals surface area (Å²) in [5.41, 5.74) is 0. The second-order valence-corrected chi connectivity index (χ2v) is 6.46. The van der Waals surface area contributed by atoms with E-state index in [9.17, 15) is 8.42 Å². The lowest BCUT2D eigenvalue weighted by Crippen LogP contribution is -2.48. The number of halogens is 1. The summed E-state index contributed by atoms with van der Waals surface area (Å²) in [7, 11) is -3.14. The maximum Gasteiger partial charge on any atom is 0.211 e. The molecule has 1 saturated heterocycles. The molecule has 4 nitrogen and oxygen atoms in total. The number of hydrogen-bond donors (Lipinski definition) is 1. The van der Waals surface area contributed by atoms with Crippen molar-refractivity contribution in [2.24, 2.45) is 0 Å². The molecule has 1 fully saturated rings. The van der Waals surface area contributed by atoms with Crippen molar-refractivity contribution < 1.29 is 8.42 Å². The van der Waals surface area contributed by atoms with E-state index in [1.165, 1.54) is 0 Å². The minimum absolute atomic E-state index is 0.0778. The van der Waals surface area contributed by atoms with Gasteiger partial charge in [-0.15, -0.1) is 11.6 Å². The van der Waals surface area contributed by atoms with E-state index in [0.29, 0.717) is 12.3 Å². The zero-order chi connectivity index (χ0) is 12.0. The zero-order valence-corrected chi connectivity index (χ0v) is 11.4. The van der Waals surface area contributed by atoms with Crippen molar-refractivity contribution >= 4 is 21.6 Å². The first-order chi connectivity index (χ1) is 7.57. The van der Waals surface area contributed by atoms with Crippen LogP contribution < -0.4 is 4.72 Å². The second-order valence-electron chi connectivity index (χ2n) is 4.21. The van der Waals surface area contributed by atoms with E-state index in [-0.39, 0.29) is 11.8 Å². The van der Waals surface area contributed by atoms with Crippen molar-refractivity contribution in [3.8, 4) is 0 Å². The fourth-order valence-electron chi connectivity index (χ4n) is 2.00. The summed E-state index contributed by atoms with van der Waals surface area (Å²) in [5, 5.41) is 0. The monoisotopic (exact) mass is 268 g/mol. The fraction of sp³-hybridized carbons (Fsp3) is 1.00. The Hall–Kier alpha value is 0.160. The summed E-state index contributed by atoms with van der Waals surface area (Å²) in [5.74, 6) is 0.534. The van der Waals surface area contributed by atoms with E-state index in [1.54, 1.807) is 0 Å². The van der Waals surface area contributed by atoms with E-state index in [4.69, 9.17) is 11.6 Å². The number of hydrogen-bond acceptors (Lipinski definition) is 3. The van der Waals surface area contributed by atoms with Gasteiger partial charge in [-0.1, -0.05) is 6.92 Å². The Morgan fingerprint density at radius 2 is 2.25 bits per heavy atom. The van der Waals surface area contributed by atoms with Crippen LogP contribution in [-0.2, 0) is 10.0 Å². The third kappa shape index (κ3) is 4.99. The quantitative estimate of drug-likeness (QED) is 0.732. The molecule has 0 aliphatic carbocycles. The second kappa shape index (κ2) is 6.79. The number of alkyl halides is 1. The molecular weight excluding hydrogens is 248 g/mol. The van der Waals surface area contributed by atoms with E-state index in [1.807, 2.05) is 0 Å². The van der Waals surface area contributed by atoms with Crippen LogP contribution in [0.5, 0.6) is 0 Å². The predicted octanol–water partition coefficient (Wildman–Crippen LogP) is 1.02. The Morgan fingerprint density at radius 3 is 2.88 bits per heavy atom. The highest BCUT2D eigenvalue weighted by Crippen LogP contribution is 2.10. The number of piperidine rings is 1. The minimum atomic E-state index is -3.14. The summed E-state index contributed by atoms with van der Waals surface area (Å²) < 4.78 is 26.1. The predicted molar refractivity (Wildman–Crippen MR) is 67.4 cm³/mol. The molecule has 1 heterocycles. The Balaban J connectivity index is 2.40. The maximum atomic E-state index is 11.7. The number of likely N-dealkylation sites (tertiary alicyclic amines) is 1. The molecule has 0 amide bonds. The summed E-state index contributed by atoms with van der Waals surface area (Å²) in [6, 6.07) is 0.0778. The highest BCUT2D eigenvalue weighted by molar-refractivity contribution is 7.89. The molecule has 6 heteroatoms. The minimum Gasteiger partial charge on any atom is -0.302 e. The van der Waals surface area contributed by atoms with E-state index in [0.717, 1.165) is 32.5 Å². The van der Waals surface area contributed by atoms with Crippen LogP contribution in [0.2, 0.25) is 0 Å². The standard InChI is InChI=1S/C10H21ClN2O2S/c1-2-13-7-3-5-10(9-13)12-16(14,15)8-4-6-11/h10,12H,2-9H2,1H3. The molecular formula is C10H21ClN2O2S. The summed E-state index contributed by atoms with van der Waals surface area (Å²) in [4.78, 5) is 2.28. The lowest BCUT2D eigenvalue weighted by molar-refractivity contribution is 0.211. The van der Waals surface area contributed by atoms with Crippen LogP contribution in [0.1, 0.15) is 26.2 Å². The molecule has 1 atom stereocenters. The summed E-state index contributed by atoms with van der Waals surface area (Å²) >= 11 is 5.50. The average Bonchev–Trinajstić information content (AvgIpc) is 2.26. The Kier molecular flexibility index (Phi) is 6.03. The van der Waals surface area contributed by atoms with Crippen LogP contribution >= 0.6 is 11.6 Å². The van der Waals surface area contributed by atoms with Gasteiger partial charge in [-0.05, 0) is 32.4 Å². The highest BCUT2D eigenvalue weighted by Gasteiger charge is 2.22. The lowest BCUT2D eigenvalue weighted by atomic mass is 10.1. The SMILES string of the molecule is CCN1CCCC(NS(=O)(=O)CCCCl)C1. The van der Waals surface area contributed by atoms with Gasteiger partial charge in [-0.2, -0.15) is 0 Å². The van der Waals surface area contributed by atoms with Gasteiger partial charge in [0.25, 0.3) is 0 Å². The summed E-state index contributed by atoms with van der Waals surface area (Å²) in [6.45, 7) is 5.00. The summed E-state index contributed by atoms with van der Waals surface area (Å²) in [6.07, 6.45) is 2.52. The normalized spacial score (nSPS) is 23.5. The Morgan fingerprint density at radius 1 is 1.50 bits per heavy atom. The Bertz CT molecular complexity index is 295. The maximum absolute atomic E-state index is 11.7. The van der Waals surface area contributed by atoms with E-state index >= 15 is 0 Å². The molecule has 0 bridgehead atoms. The molecule has 16 heavy (non-hydrogen) atoms. The number of nitrogens with zero attached hydrogens (tertiary/aromatic N) is 1. The van der Waals surface area contributed by atoms with Crippen LogP contribution in [0.4, 0.5) is 0 Å². The van der Waals surface area contributed by atoms with Gasteiger partial charge in [-0.25, -0.2) is 13.1 Å². The van der Waals surface area contributed by atoms with Gasteiger partial charge >= 0.3 is 0 Å². The molecule has 1 N–H and O–H groups in total. The van der Waals surface area contributed by atoms with Gasteiger partial charge in [0, 0.05) is 18.5 Å². The molecule has 0 aromatic heterocycles. The van der Waals surface area contributed by atoms with E-state index < -0.39 is 10.0 Å². The lowest BCUT2D eigenvalue weighted by Gasteiger charge is -2.32. The van der Waals surface area contributed by atoms with Crippen molar-refractivity contribution in [2.75, 3.05) is 31.3 Å². The molecule has 0 saturated carbocycles. The first-order valence-corrected chi connectivity index (χ1v) is 8.04. The third-order valence-electron chi connectivity index (χ3n) is 2.85. The molecule has 0 aromatic carbocycles. The molecule has 0 spiro atoms. The smallest absolute Gasteiger partial charge is 0.211 e. The molecule has 1 rings (SSSR count). The van der Waals surface area contributed by atoms with Gasteiger partial charge < -0.3 is 4.90 Å². The average molecular weight is 269 g/mol. The molecule has 0 aromatic rings. The first kappa shape index (κ1) is 14.2. The van der Waals surface area contributed by atoms with E-state index in [2.05, 4.69) is 16.5 Å². The Labute approximate surface area is 103 Å². The van der Waals surface area contributed by atoms with Gasteiger partial charge in [0.05, 0.1) is 5.75 Å². The van der Waals surface area contributed by atoms with Gasteiger partial charge in [0.15, 0.2) is 0 Å².